The van der Waals surface area contributed by atoms with Crippen LogP contribution in [-0.2, 0) is 10.8 Å². The van der Waals surface area contributed by atoms with Gasteiger partial charge < -0.3 is 0 Å². The fourth-order valence-electron chi connectivity index (χ4n) is 10.1. The number of hydrogen-bond donors (Lipinski definition) is 0. The van der Waals surface area contributed by atoms with Crippen LogP contribution in [0.3, 0.4) is 0 Å². The molecule has 1 aromatic heterocycles. The highest BCUT2D eigenvalue weighted by Crippen LogP contribution is 2.59. The van der Waals surface area contributed by atoms with Crippen molar-refractivity contribution in [2.75, 3.05) is 0 Å². The number of benzene rings is 8. The Hall–Kier alpha value is -6.57. The van der Waals surface area contributed by atoms with Crippen LogP contribution in [0.2, 0.25) is 0 Å². The second-order valence-corrected chi connectivity index (χ2v) is 15.4. The van der Waals surface area contributed by atoms with Crippen molar-refractivity contribution < 1.29 is 0 Å². The molecule has 0 bridgehead atoms. The normalized spacial score (nSPS) is 14.4. The number of aromatic nitrogens is 1. The van der Waals surface area contributed by atoms with Crippen LogP contribution in [0.1, 0.15) is 47.2 Å². The number of hydrogen-bond acceptors (Lipinski definition) is 1. The number of pyridine rings is 1. The summed E-state index contributed by atoms with van der Waals surface area (Å²) in [5.41, 5.74) is 17.2. The number of fused-ring (bicyclic) bond motifs is 7. The second-order valence-electron chi connectivity index (χ2n) is 15.4. The van der Waals surface area contributed by atoms with E-state index in [0.29, 0.717) is 0 Å². The lowest BCUT2D eigenvalue weighted by Crippen LogP contribution is -2.34. The van der Waals surface area contributed by atoms with Crippen LogP contribution in [0.5, 0.6) is 0 Å². The van der Waals surface area contributed by atoms with Gasteiger partial charge in [-0.3, -0.25) is 4.98 Å². The van der Waals surface area contributed by atoms with Gasteiger partial charge in [0.1, 0.15) is 0 Å². The summed E-state index contributed by atoms with van der Waals surface area (Å²) in [5.74, 6) is 0. The molecule has 9 aromatic rings. The molecule has 0 saturated heterocycles. The molecule has 254 valence electrons. The first-order chi connectivity index (χ1) is 26.6. The zero-order chi connectivity index (χ0) is 36.0. The van der Waals surface area contributed by atoms with E-state index in [4.69, 9.17) is 0 Å². The molecule has 0 aliphatic heterocycles. The molecular weight excluding hydrogens is 651 g/mol. The zero-order valence-electron chi connectivity index (χ0n) is 30.3. The molecule has 2 aliphatic carbocycles. The van der Waals surface area contributed by atoms with E-state index in [1.807, 2.05) is 12.3 Å². The van der Waals surface area contributed by atoms with Crippen LogP contribution >= 0.6 is 0 Å². The number of rotatable bonds is 4. The van der Waals surface area contributed by atoms with E-state index in [1.165, 1.54) is 88.3 Å². The van der Waals surface area contributed by atoms with E-state index in [-0.39, 0.29) is 5.41 Å². The third-order valence-corrected chi connectivity index (χ3v) is 12.4. The van der Waals surface area contributed by atoms with Crippen LogP contribution in [0.25, 0.3) is 66.2 Å². The highest BCUT2D eigenvalue weighted by Gasteiger charge is 2.46. The van der Waals surface area contributed by atoms with Crippen molar-refractivity contribution >= 4 is 21.5 Å². The molecule has 0 N–H and O–H groups in total. The summed E-state index contributed by atoms with van der Waals surface area (Å²) in [6, 6.07) is 67.8. The highest BCUT2D eigenvalue weighted by atomic mass is 14.7. The fourth-order valence-corrected chi connectivity index (χ4v) is 10.1. The van der Waals surface area contributed by atoms with E-state index in [1.54, 1.807) is 0 Å². The Bertz CT molecular complexity index is 2900. The van der Waals surface area contributed by atoms with Gasteiger partial charge in [-0.05, 0) is 113 Å². The van der Waals surface area contributed by atoms with E-state index in [2.05, 4.69) is 195 Å². The molecule has 1 heterocycles. The van der Waals surface area contributed by atoms with Gasteiger partial charge in [-0.25, -0.2) is 0 Å². The first-order valence-corrected chi connectivity index (χ1v) is 19.0. The lowest BCUT2D eigenvalue weighted by Gasteiger charge is -2.43. The smallest absolute Gasteiger partial charge is 0.0719 e. The predicted octanol–water partition coefficient (Wildman–Crippen LogP) is 13.4. The minimum absolute atomic E-state index is 0.178. The summed E-state index contributed by atoms with van der Waals surface area (Å²) in [5, 5.41) is 5.19. The maximum absolute atomic E-state index is 4.67. The van der Waals surface area contributed by atoms with Gasteiger partial charge in [0.05, 0.1) is 11.1 Å². The standard InChI is InChI=1S/C53H37N/c1-52(2)46-32-34(48-26-13-14-31-54-48)27-29-39(46)40-30-28-35(33-47(40)52)49-42-21-9-10-22-43(42)51-50-41(23-15-24-44(49)50)38-20-11-12-25-45(38)53(51,36-16-5-3-6-17-36)37-18-7-4-8-19-37/h3-33H,1-2H3. The quantitative estimate of drug-likeness (QED) is 0.168. The molecule has 8 aromatic carbocycles. The van der Waals surface area contributed by atoms with Crippen LogP contribution in [0, 0.1) is 0 Å². The fraction of sp³-hybridized carbons (Fsp3) is 0.0755. The Morgan fingerprint density at radius 1 is 0.407 bits per heavy atom. The first-order valence-electron chi connectivity index (χ1n) is 19.0. The predicted molar refractivity (Wildman–Crippen MR) is 225 cm³/mol. The highest BCUT2D eigenvalue weighted by molar-refractivity contribution is 6.21. The van der Waals surface area contributed by atoms with Crippen LogP contribution in [0.4, 0.5) is 0 Å². The van der Waals surface area contributed by atoms with E-state index in [9.17, 15) is 0 Å². The van der Waals surface area contributed by atoms with Crippen LogP contribution in [-0.4, -0.2) is 4.98 Å². The summed E-state index contributed by atoms with van der Waals surface area (Å²) in [6.07, 6.45) is 1.88. The molecule has 1 heteroatoms. The van der Waals surface area contributed by atoms with Crippen molar-refractivity contribution in [1.82, 2.24) is 4.98 Å². The molecule has 11 rings (SSSR count). The lowest BCUT2D eigenvalue weighted by molar-refractivity contribution is 0.661. The molecule has 1 nitrogen and oxygen atoms in total. The molecule has 0 unspecified atom stereocenters. The van der Waals surface area contributed by atoms with E-state index >= 15 is 0 Å². The van der Waals surface area contributed by atoms with Gasteiger partial charge in [-0.1, -0.05) is 172 Å². The average molecular weight is 688 g/mol. The third-order valence-electron chi connectivity index (χ3n) is 12.4. The molecular formula is C53H37N. The van der Waals surface area contributed by atoms with Crippen molar-refractivity contribution in [3.63, 3.8) is 0 Å². The summed E-state index contributed by atoms with van der Waals surface area (Å²) >= 11 is 0. The molecule has 54 heavy (non-hydrogen) atoms. The Kier molecular flexibility index (Phi) is 6.58. The minimum Gasteiger partial charge on any atom is -0.256 e. The summed E-state index contributed by atoms with van der Waals surface area (Å²) in [6.45, 7) is 4.76. The summed E-state index contributed by atoms with van der Waals surface area (Å²) in [4.78, 5) is 4.67. The van der Waals surface area contributed by atoms with Crippen LogP contribution in [0.15, 0.2) is 188 Å². The molecule has 2 aliphatic rings. The monoisotopic (exact) mass is 687 g/mol. The zero-order valence-corrected chi connectivity index (χ0v) is 30.3. The Balaban J connectivity index is 1.23. The van der Waals surface area contributed by atoms with Crippen molar-refractivity contribution in [3.05, 3.63) is 222 Å². The van der Waals surface area contributed by atoms with Crippen LogP contribution < -0.4 is 0 Å². The molecule has 0 saturated carbocycles. The van der Waals surface area contributed by atoms with E-state index in [0.717, 1.165) is 11.3 Å². The largest absolute Gasteiger partial charge is 0.256 e. The van der Waals surface area contributed by atoms with Gasteiger partial charge in [-0.15, -0.1) is 0 Å². The van der Waals surface area contributed by atoms with Gasteiger partial charge in [0.25, 0.3) is 0 Å². The van der Waals surface area contributed by atoms with Crippen molar-refractivity contribution in [2.45, 2.75) is 24.7 Å². The third kappa shape index (κ3) is 4.13. The summed E-state index contributed by atoms with van der Waals surface area (Å²) < 4.78 is 0. The second kappa shape index (κ2) is 11.5. The number of nitrogens with zero attached hydrogens (tertiary/aromatic N) is 1. The minimum atomic E-state index is -0.531. The average Bonchev–Trinajstić information content (AvgIpc) is 3.46. The molecule has 0 spiro atoms. The Morgan fingerprint density at radius 3 is 1.67 bits per heavy atom. The molecule has 0 amide bonds. The van der Waals surface area contributed by atoms with Gasteiger partial charge in [0.2, 0.25) is 0 Å². The Morgan fingerprint density at radius 2 is 0.963 bits per heavy atom. The maximum atomic E-state index is 4.67. The Labute approximate surface area is 316 Å². The van der Waals surface area contributed by atoms with Gasteiger partial charge in [-0.2, -0.15) is 0 Å². The summed E-state index contributed by atoms with van der Waals surface area (Å²) in [7, 11) is 0. The molecule has 0 atom stereocenters. The molecule has 0 fully saturated rings. The van der Waals surface area contributed by atoms with Crippen molar-refractivity contribution in [2.24, 2.45) is 0 Å². The van der Waals surface area contributed by atoms with Gasteiger partial charge in [0.15, 0.2) is 0 Å². The van der Waals surface area contributed by atoms with Crippen molar-refractivity contribution in [3.8, 4) is 44.6 Å². The van der Waals surface area contributed by atoms with Gasteiger partial charge in [0, 0.05) is 17.2 Å². The van der Waals surface area contributed by atoms with Crippen molar-refractivity contribution in [1.29, 1.82) is 0 Å². The van der Waals surface area contributed by atoms with E-state index < -0.39 is 5.41 Å². The van der Waals surface area contributed by atoms with Gasteiger partial charge >= 0.3 is 0 Å². The SMILES string of the molecule is CC1(C)c2cc(-c3ccccn3)ccc2-c2ccc(-c3c4ccccc4c4c5c(cccc35)-c3ccccc3C4(c3ccccc3)c3ccccc3)cc21. The maximum Gasteiger partial charge on any atom is 0.0719 e. The lowest BCUT2D eigenvalue weighted by atomic mass is 9.58. The topological polar surface area (TPSA) is 12.9 Å². The molecule has 0 radical (unpaired) electrons. The first kappa shape index (κ1) is 31.0.